The number of nitrogens with zero attached hydrogens (tertiary/aromatic N) is 2. The zero-order valence-corrected chi connectivity index (χ0v) is 14.4. The van der Waals surface area contributed by atoms with Gasteiger partial charge in [0.25, 0.3) is 0 Å². The van der Waals surface area contributed by atoms with E-state index >= 15 is 0 Å². The molecule has 1 aromatic heterocycles. The zero-order valence-electron chi connectivity index (χ0n) is 13.6. The van der Waals surface area contributed by atoms with E-state index < -0.39 is 16.6 Å². The molecule has 23 heavy (non-hydrogen) atoms. The van der Waals surface area contributed by atoms with E-state index in [2.05, 4.69) is 9.82 Å². The number of alkyl halides is 2. The second kappa shape index (κ2) is 5.81. The quantitative estimate of drug-likeness (QED) is 0.890. The minimum atomic E-state index is -3.85. The number of hydrogen-bond donors (Lipinski definition) is 1. The molecule has 2 aliphatic rings. The monoisotopic (exact) mass is 347 g/mol. The Balaban J connectivity index is 1.82. The molecule has 2 bridgehead atoms. The zero-order chi connectivity index (χ0) is 16.9. The van der Waals surface area contributed by atoms with Crippen molar-refractivity contribution >= 4 is 10.0 Å². The van der Waals surface area contributed by atoms with Crippen molar-refractivity contribution in [3.63, 3.8) is 0 Å². The average Bonchev–Trinajstić information content (AvgIpc) is 3.12. The van der Waals surface area contributed by atoms with Crippen LogP contribution in [0.1, 0.15) is 50.5 Å². The summed E-state index contributed by atoms with van der Waals surface area (Å²) in [5, 5.41) is 3.67. The standard InChI is InChI=1S/C15H23F2N3O2S/c1-8(13-7-11-4-5-12(13)6-11)19-23(21,22)14-9(2)18-20(10(14)3)15(16)17/h8,11-13,15,19H,4-7H2,1-3H3/t8-,11+,12+,13+/m0/s1. The van der Waals surface area contributed by atoms with Crippen LogP contribution in [0.5, 0.6) is 0 Å². The Kier molecular flexibility index (Phi) is 4.25. The number of aromatic nitrogens is 2. The summed E-state index contributed by atoms with van der Waals surface area (Å²) < 4.78 is 54.3. The third-order valence-electron chi connectivity index (χ3n) is 5.49. The lowest BCUT2D eigenvalue weighted by atomic mass is 9.84. The van der Waals surface area contributed by atoms with Crippen LogP contribution in [-0.4, -0.2) is 24.2 Å². The Morgan fingerprint density at radius 2 is 1.96 bits per heavy atom. The van der Waals surface area contributed by atoms with Crippen molar-refractivity contribution in [3.8, 4) is 0 Å². The fraction of sp³-hybridized carbons (Fsp3) is 0.800. The van der Waals surface area contributed by atoms with Crippen LogP contribution < -0.4 is 4.72 Å². The molecule has 2 saturated carbocycles. The molecule has 2 aliphatic carbocycles. The first-order valence-corrected chi connectivity index (χ1v) is 9.55. The topological polar surface area (TPSA) is 64.0 Å². The van der Waals surface area contributed by atoms with Crippen molar-refractivity contribution in [1.82, 2.24) is 14.5 Å². The summed E-state index contributed by atoms with van der Waals surface area (Å²) in [5.41, 5.74) is 0.0839. The van der Waals surface area contributed by atoms with Gasteiger partial charge in [0.1, 0.15) is 4.90 Å². The fourth-order valence-corrected chi connectivity index (χ4v) is 6.22. The normalized spacial score (nSPS) is 28.7. The van der Waals surface area contributed by atoms with Gasteiger partial charge in [-0.1, -0.05) is 6.42 Å². The highest BCUT2D eigenvalue weighted by atomic mass is 32.2. The lowest BCUT2D eigenvalue weighted by Gasteiger charge is -2.28. The predicted molar refractivity (Wildman–Crippen MR) is 81.7 cm³/mol. The number of fused-ring (bicyclic) bond motifs is 2. The minimum absolute atomic E-state index is 0.0230. The minimum Gasteiger partial charge on any atom is -0.208 e. The largest absolute Gasteiger partial charge is 0.333 e. The maximum atomic E-state index is 12.9. The molecule has 0 aliphatic heterocycles. The summed E-state index contributed by atoms with van der Waals surface area (Å²) in [6, 6.07) is -0.191. The number of rotatable bonds is 5. The van der Waals surface area contributed by atoms with Crippen LogP contribution in [0, 0.1) is 31.6 Å². The van der Waals surface area contributed by atoms with Crippen LogP contribution in [0.15, 0.2) is 4.90 Å². The molecule has 8 heteroatoms. The smallest absolute Gasteiger partial charge is 0.208 e. The van der Waals surface area contributed by atoms with Crippen LogP contribution in [0.2, 0.25) is 0 Å². The molecular weight excluding hydrogens is 324 g/mol. The van der Waals surface area contributed by atoms with E-state index in [1.54, 1.807) is 0 Å². The summed E-state index contributed by atoms with van der Waals surface area (Å²) in [7, 11) is -3.85. The van der Waals surface area contributed by atoms with Crippen LogP contribution in [0.4, 0.5) is 8.78 Å². The number of aryl methyl sites for hydroxylation is 1. The van der Waals surface area contributed by atoms with E-state index in [0.717, 1.165) is 12.3 Å². The number of sulfonamides is 1. The van der Waals surface area contributed by atoms with Gasteiger partial charge in [-0.25, -0.2) is 17.8 Å². The van der Waals surface area contributed by atoms with Crippen molar-refractivity contribution in [2.24, 2.45) is 17.8 Å². The summed E-state index contributed by atoms with van der Waals surface area (Å²) in [4.78, 5) is -0.118. The maximum Gasteiger partial charge on any atom is 0.333 e. The van der Waals surface area contributed by atoms with E-state index in [4.69, 9.17) is 0 Å². The Bertz CT molecular complexity index is 702. The molecule has 130 valence electrons. The molecule has 4 atom stereocenters. The van der Waals surface area contributed by atoms with Crippen molar-refractivity contribution in [1.29, 1.82) is 0 Å². The van der Waals surface area contributed by atoms with Crippen molar-refractivity contribution in [3.05, 3.63) is 11.4 Å². The van der Waals surface area contributed by atoms with Gasteiger partial charge >= 0.3 is 6.55 Å². The fourth-order valence-electron chi connectivity index (χ4n) is 4.52. The Morgan fingerprint density at radius 3 is 2.43 bits per heavy atom. The highest BCUT2D eigenvalue weighted by Crippen LogP contribution is 2.49. The molecule has 0 aromatic carbocycles. The molecule has 0 saturated heterocycles. The SMILES string of the molecule is Cc1nn(C(F)F)c(C)c1S(=O)(=O)N[C@@H](C)[C@H]1C[C@@H]2CC[C@@H]1C2. The third-order valence-corrected chi connectivity index (χ3v) is 7.30. The Hall–Kier alpha value is -1.02. The first-order chi connectivity index (χ1) is 10.7. The molecule has 0 radical (unpaired) electrons. The van der Waals surface area contributed by atoms with Crippen LogP contribution in [0.3, 0.4) is 0 Å². The van der Waals surface area contributed by atoms with Gasteiger partial charge in [-0.2, -0.15) is 13.9 Å². The molecule has 2 fully saturated rings. The third kappa shape index (κ3) is 2.91. The van der Waals surface area contributed by atoms with Gasteiger partial charge < -0.3 is 0 Å². The van der Waals surface area contributed by atoms with Crippen LogP contribution in [0.25, 0.3) is 0 Å². The molecule has 3 rings (SSSR count). The number of halogens is 2. The van der Waals surface area contributed by atoms with Gasteiger partial charge in [0.05, 0.1) is 11.4 Å². The predicted octanol–water partition coefficient (Wildman–Crippen LogP) is 3.00. The molecular formula is C15H23F2N3O2S. The molecule has 0 spiro atoms. The molecule has 0 amide bonds. The lowest BCUT2D eigenvalue weighted by molar-refractivity contribution is 0.0538. The van der Waals surface area contributed by atoms with Gasteiger partial charge in [0.2, 0.25) is 10.0 Å². The highest BCUT2D eigenvalue weighted by Gasteiger charge is 2.43. The number of hydrogen-bond acceptors (Lipinski definition) is 3. The van der Waals surface area contributed by atoms with Crippen molar-refractivity contribution in [2.75, 3.05) is 0 Å². The van der Waals surface area contributed by atoms with Crippen molar-refractivity contribution in [2.45, 2.75) is 63.9 Å². The first-order valence-electron chi connectivity index (χ1n) is 8.07. The van der Waals surface area contributed by atoms with E-state index in [9.17, 15) is 17.2 Å². The first kappa shape index (κ1) is 16.8. The molecule has 1 aromatic rings. The van der Waals surface area contributed by atoms with E-state index in [1.807, 2.05) is 6.92 Å². The van der Waals surface area contributed by atoms with Crippen LogP contribution in [-0.2, 0) is 10.0 Å². The van der Waals surface area contributed by atoms with Crippen LogP contribution >= 0.6 is 0 Å². The van der Waals surface area contributed by atoms with Gasteiger partial charge in [-0.15, -0.1) is 0 Å². The van der Waals surface area contributed by atoms with Gasteiger partial charge in [0, 0.05) is 6.04 Å². The van der Waals surface area contributed by atoms with E-state index in [-0.39, 0.29) is 22.3 Å². The Labute approximate surface area is 135 Å². The van der Waals surface area contributed by atoms with E-state index in [0.29, 0.717) is 16.5 Å². The van der Waals surface area contributed by atoms with Crippen molar-refractivity contribution < 1.29 is 17.2 Å². The molecule has 5 nitrogen and oxygen atoms in total. The summed E-state index contributed by atoms with van der Waals surface area (Å²) >= 11 is 0. The van der Waals surface area contributed by atoms with Gasteiger partial charge in [0.15, 0.2) is 0 Å². The van der Waals surface area contributed by atoms with E-state index in [1.165, 1.54) is 33.1 Å². The average molecular weight is 347 g/mol. The summed E-state index contributed by atoms with van der Waals surface area (Å²) in [6.45, 7) is 1.84. The molecule has 0 unspecified atom stereocenters. The second-order valence-corrected chi connectivity index (χ2v) is 8.62. The Morgan fingerprint density at radius 1 is 1.26 bits per heavy atom. The van der Waals surface area contributed by atoms with Gasteiger partial charge in [-0.3, -0.25) is 0 Å². The highest BCUT2D eigenvalue weighted by molar-refractivity contribution is 7.89. The summed E-state index contributed by atoms with van der Waals surface area (Å²) in [6.07, 6.45) is 4.67. The second-order valence-electron chi connectivity index (χ2n) is 6.97. The lowest BCUT2D eigenvalue weighted by Crippen LogP contribution is -2.40. The molecule has 1 heterocycles. The van der Waals surface area contributed by atoms with Gasteiger partial charge in [-0.05, 0) is 57.8 Å². The number of nitrogens with one attached hydrogen (secondary N) is 1. The molecule has 1 N–H and O–H groups in total. The summed E-state index contributed by atoms with van der Waals surface area (Å²) in [5.74, 6) is 1.65. The maximum absolute atomic E-state index is 12.9.